The number of aryl methyl sites for hydroxylation is 1. The number of hydrogen-bond acceptors (Lipinski definition) is 2. The van der Waals surface area contributed by atoms with Crippen LogP contribution < -0.4 is 10.6 Å². The molecule has 4 heteroatoms. The number of benzene rings is 1. The first-order valence-corrected chi connectivity index (χ1v) is 8.98. The van der Waals surface area contributed by atoms with E-state index < -0.39 is 0 Å². The molecule has 0 saturated heterocycles. The molecule has 0 aliphatic heterocycles. The lowest BCUT2D eigenvalue weighted by Gasteiger charge is -2.36. The van der Waals surface area contributed by atoms with Gasteiger partial charge in [-0.1, -0.05) is 32.0 Å². The van der Waals surface area contributed by atoms with Crippen LogP contribution in [-0.2, 0) is 19.4 Å². The molecule has 23 heavy (non-hydrogen) atoms. The third-order valence-corrected chi connectivity index (χ3v) is 4.76. The van der Waals surface area contributed by atoms with E-state index in [4.69, 9.17) is 0 Å². The van der Waals surface area contributed by atoms with Crippen LogP contribution in [0.5, 0.6) is 0 Å². The van der Waals surface area contributed by atoms with Gasteiger partial charge in [-0.15, -0.1) is 0 Å². The smallest absolute Gasteiger partial charge is 0.314 e. The lowest BCUT2D eigenvalue weighted by atomic mass is 9.84. The number of rotatable bonds is 7. The maximum absolute atomic E-state index is 11.5. The second kappa shape index (κ2) is 8.92. The summed E-state index contributed by atoms with van der Waals surface area (Å²) < 4.78 is 0. The zero-order chi connectivity index (χ0) is 16.7. The minimum atomic E-state index is -0.117. The number of nitrogens with zero attached hydrogens (tertiary/aromatic N) is 1. The second-order valence-corrected chi connectivity index (χ2v) is 6.42. The summed E-state index contributed by atoms with van der Waals surface area (Å²) in [4.78, 5) is 14.1. The Kier molecular flexibility index (Phi) is 6.90. The van der Waals surface area contributed by atoms with Gasteiger partial charge in [0.15, 0.2) is 0 Å². The van der Waals surface area contributed by atoms with Crippen LogP contribution in [0, 0.1) is 0 Å². The highest BCUT2D eigenvalue weighted by molar-refractivity contribution is 5.73. The van der Waals surface area contributed by atoms with E-state index in [1.807, 2.05) is 0 Å². The van der Waals surface area contributed by atoms with Crippen LogP contribution in [0.4, 0.5) is 4.79 Å². The molecule has 1 atom stereocenters. The molecule has 0 heterocycles. The molecule has 0 saturated carbocycles. The van der Waals surface area contributed by atoms with Crippen LogP contribution in [0.3, 0.4) is 0 Å². The minimum absolute atomic E-state index is 0.117. The average Bonchev–Trinajstić information content (AvgIpc) is 2.59. The SMILES string of the molecule is CCCN(CCC)C1CCc2cccc(CNC(=O)NC)c2C1. The Morgan fingerprint density at radius 1 is 1.26 bits per heavy atom. The fraction of sp³-hybridized carbons (Fsp3) is 0.632. The largest absolute Gasteiger partial charge is 0.341 e. The Balaban J connectivity index is 2.12. The van der Waals surface area contributed by atoms with Crippen LogP contribution in [-0.4, -0.2) is 37.1 Å². The van der Waals surface area contributed by atoms with Crippen molar-refractivity contribution in [1.29, 1.82) is 0 Å². The van der Waals surface area contributed by atoms with Crippen molar-refractivity contribution in [1.82, 2.24) is 15.5 Å². The van der Waals surface area contributed by atoms with Gasteiger partial charge in [0, 0.05) is 19.6 Å². The highest BCUT2D eigenvalue weighted by Gasteiger charge is 2.25. The molecule has 1 aliphatic rings. The van der Waals surface area contributed by atoms with Crippen molar-refractivity contribution in [3.05, 3.63) is 34.9 Å². The van der Waals surface area contributed by atoms with Crippen LogP contribution >= 0.6 is 0 Å². The van der Waals surface area contributed by atoms with Gasteiger partial charge in [-0.05, 0) is 61.9 Å². The molecule has 1 unspecified atom stereocenters. The van der Waals surface area contributed by atoms with Gasteiger partial charge in [-0.2, -0.15) is 0 Å². The average molecular weight is 317 g/mol. The standard InChI is InChI=1S/C19H31N3O/c1-4-11-22(12-5-2)17-10-9-15-7-6-8-16(18(15)13-17)14-21-19(23)20-3/h6-8,17H,4-5,9-14H2,1-3H3,(H2,20,21,23). The Labute approximate surface area is 140 Å². The van der Waals surface area contributed by atoms with E-state index in [0.29, 0.717) is 12.6 Å². The fourth-order valence-corrected chi connectivity index (χ4v) is 3.64. The molecule has 0 fully saturated rings. The quantitative estimate of drug-likeness (QED) is 0.811. The molecule has 0 radical (unpaired) electrons. The van der Waals surface area contributed by atoms with Gasteiger partial charge in [0.25, 0.3) is 0 Å². The van der Waals surface area contributed by atoms with Crippen LogP contribution in [0.25, 0.3) is 0 Å². The van der Waals surface area contributed by atoms with Crippen LogP contribution in [0.1, 0.15) is 49.8 Å². The zero-order valence-electron chi connectivity index (χ0n) is 14.8. The minimum Gasteiger partial charge on any atom is -0.341 e. The Hall–Kier alpha value is -1.55. The van der Waals surface area contributed by atoms with Crippen LogP contribution in [0.15, 0.2) is 18.2 Å². The number of hydrogen-bond donors (Lipinski definition) is 2. The first-order chi connectivity index (χ1) is 11.2. The van der Waals surface area contributed by atoms with Gasteiger partial charge in [0.2, 0.25) is 0 Å². The molecular weight excluding hydrogens is 286 g/mol. The normalized spacial score (nSPS) is 17.0. The lowest BCUT2D eigenvalue weighted by molar-refractivity contribution is 0.179. The first-order valence-electron chi connectivity index (χ1n) is 8.98. The summed E-state index contributed by atoms with van der Waals surface area (Å²) in [5.74, 6) is 0. The van der Waals surface area contributed by atoms with E-state index in [1.54, 1.807) is 7.05 Å². The predicted molar refractivity (Wildman–Crippen MR) is 95.7 cm³/mol. The second-order valence-electron chi connectivity index (χ2n) is 6.42. The third-order valence-electron chi connectivity index (χ3n) is 4.76. The number of fused-ring (bicyclic) bond motifs is 1. The summed E-state index contributed by atoms with van der Waals surface area (Å²) in [5.41, 5.74) is 4.19. The van der Waals surface area contributed by atoms with Crippen molar-refractivity contribution < 1.29 is 4.79 Å². The van der Waals surface area contributed by atoms with E-state index in [0.717, 1.165) is 12.8 Å². The Morgan fingerprint density at radius 3 is 2.65 bits per heavy atom. The summed E-state index contributed by atoms with van der Waals surface area (Å²) in [6.45, 7) is 7.51. The van der Waals surface area contributed by atoms with Gasteiger partial charge >= 0.3 is 6.03 Å². The van der Waals surface area contributed by atoms with Crippen LogP contribution in [0.2, 0.25) is 0 Å². The van der Waals surface area contributed by atoms with Gasteiger partial charge < -0.3 is 15.5 Å². The van der Waals surface area contributed by atoms with Gasteiger partial charge in [-0.25, -0.2) is 4.79 Å². The summed E-state index contributed by atoms with van der Waals surface area (Å²) in [5, 5.41) is 5.55. The van der Waals surface area contributed by atoms with Gasteiger partial charge in [-0.3, -0.25) is 0 Å². The van der Waals surface area contributed by atoms with Crippen molar-refractivity contribution >= 4 is 6.03 Å². The molecule has 0 bridgehead atoms. The van der Waals surface area contributed by atoms with Crippen molar-refractivity contribution in [3.63, 3.8) is 0 Å². The number of carbonyl (C=O) groups excluding carboxylic acids is 1. The molecule has 1 aromatic carbocycles. The van der Waals surface area contributed by atoms with Crippen molar-refractivity contribution in [3.8, 4) is 0 Å². The summed E-state index contributed by atoms with van der Waals surface area (Å²) >= 11 is 0. The monoisotopic (exact) mass is 317 g/mol. The summed E-state index contributed by atoms with van der Waals surface area (Å²) in [6.07, 6.45) is 5.93. The molecule has 1 aromatic rings. The molecular formula is C19H31N3O. The van der Waals surface area contributed by atoms with E-state index in [1.165, 1.54) is 49.0 Å². The topological polar surface area (TPSA) is 44.4 Å². The molecule has 0 spiro atoms. The Morgan fingerprint density at radius 2 is 2.00 bits per heavy atom. The lowest BCUT2D eigenvalue weighted by Crippen LogP contribution is -2.41. The number of amides is 2. The zero-order valence-corrected chi connectivity index (χ0v) is 14.8. The highest BCUT2D eigenvalue weighted by atomic mass is 16.2. The molecule has 0 aromatic heterocycles. The van der Waals surface area contributed by atoms with E-state index in [2.05, 4.69) is 47.6 Å². The summed E-state index contributed by atoms with van der Waals surface area (Å²) in [6, 6.07) is 7.05. The predicted octanol–water partition coefficient (Wildman–Crippen LogP) is 3.09. The highest BCUT2D eigenvalue weighted by Crippen LogP contribution is 2.27. The Bertz CT molecular complexity index is 509. The number of nitrogens with one attached hydrogen (secondary N) is 2. The summed E-state index contributed by atoms with van der Waals surface area (Å²) in [7, 11) is 1.65. The fourth-order valence-electron chi connectivity index (χ4n) is 3.64. The first kappa shape index (κ1) is 17.8. The number of carbonyl (C=O) groups is 1. The molecule has 128 valence electrons. The maximum Gasteiger partial charge on any atom is 0.314 e. The molecule has 2 N–H and O–H groups in total. The van der Waals surface area contributed by atoms with E-state index in [-0.39, 0.29) is 6.03 Å². The van der Waals surface area contributed by atoms with Gasteiger partial charge in [0.1, 0.15) is 0 Å². The van der Waals surface area contributed by atoms with E-state index in [9.17, 15) is 4.79 Å². The molecule has 2 amide bonds. The molecule has 1 aliphatic carbocycles. The molecule has 2 rings (SSSR count). The van der Waals surface area contributed by atoms with Crippen molar-refractivity contribution in [2.45, 2.75) is 58.5 Å². The van der Waals surface area contributed by atoms with Gasteiger partial charge in [0.05, 0.1) is 0 Å². The van der Waals surface area contributed by atoms with E-state index >= 15 is 0 Å². The third kappa shape index (κ3) is 4.71. The van der Waals surface area contributed by atoms with Crippen molar-refractivity contribution in [2.24, 2.45) is 0 Å². The molecule has 4 nitrogen and oxygen atoms in total. The number of urea groups is 1. The maximum atomic E-state index is 11.5. The van der Waals surface area contributed by atoms with Crippen molar-refractivity contribution in [2.75, 3.05) is 20.1 Å².